The highest BCUT2D eigenvalue weighted by Gasteiger charge is 2.33. The Balaban J connectivity index is 2.31. The van der Waals surface area contributed by atoms with Gasteiger partial charge in [-0.05, 0) is 34.1 Å². The molecule has 7 heteroatoms. The molecule has 19 heavy (non-hydrogen) atoms. The highest BCUT2D eigenvalue weighted by atomic mass is 79.9. The number of halogens is 2. The number of rotatable bonds is 2. The fourth-order valence-corrected chi connectivity index (χ4v) is 2.40. The number of nitrogens with one attached hydrogen (secondary N) is 1. The molecule has 1 amide bonds. The topological polar surface area (TPSA) is 69.6 Å². The lowest BCUT2D eigenvalue weighted by Gasteiger charge is -2.33. The van der Waals surface area contributed by atoms with Crippen LogP contribution in [0.5, 0.6) is 0 Å². The number of carboxylic acids is 1. The quantitative estimate of drug-likeness (QED) is 0.851. The fraction of sp³-hybridized carbons (Fsp3) is 0.333. The molecule has 0 bridgehead atoms. The molecule has 1 aromatic carbocycles. The van der Waals surface area contributed by atoms with Crippen LogP contribution in [0.25, 0.3) is 0 Å². The van der Waals surface area contributed by atoms with Gasteiger partial charge < -0.3 is 15.3 Å². The van der Waals surface area contributed by atoms with E-state index in [4.69, 9.17) is 5.11 Å². The maximum atomic E-state index is 13.2. The lowest BCUT2D eigenvalue weighted by atomic mass is 10.1. The summed E-state index contributed by atoms with van der Waals surface area (Å²) < 4.78 is 13.7. The minimum atomic E-state index is -1.08. The van der Waals surface area contributed by atoms with Crippen LogP contribution in [0.3, 0.4) is 0 Å². The Hall–Kier alpha value is -1.47. The smallest absolute Gasteiger partial charge is 0.327 e. The van der Waals surface area contributed by atoms with Crippen LogP contribution in [0, 0.1) is 5.82 Å². The maximum Gasteiger partial charge on any atom is 0.327 e. The normalized spacial score (nSPS) is 19.3. The number of aliphatic carboxylic acids is 1. The Morgan fingerprint density at radius 2 is 2.21 bits per heavy atom. The number of hydrogen-bond acceptors (Lipinski definition) is 3. The number of hydrogen-bond donors (Lipinski definition) is 2. The Kier molecular flexibility index (Phi) is 4.16. The van der Waals surface area contributed by atoms with Crippen LogP contribution in [0.1, 0.15) is 10.4 Å². The minimum absolute atomic E-state index is 0.133. The molecule has 1 aliphatic rings. The average Bonchev–Trinajstić information content (AvgIpc) is 2.40. The zero-order chi connectivity index (χ0) is 14.0. The van der Waals surface area contributed by atoms with Gasteiger partial charge in [0.05, 0.1) is 5.56 Å². The van der Waals surface area contributed by atoms with Crippen LogP contribution in [0.15, 0.2) is 22.7 Å². The molecule has 5 nitrogen and oxygen atoms in total. The molecule has 0 saturated carbocycles. The van der Waals surface area contributed by atoms with E-state index in [9.17, 15) is 14.0 Å². The lowest BCUT2D eigenvalue weighted by molar-refractivity contribution is -0.142. The predicted molar refractivity (Wildman–Crippen MR) is 69.4 cm³/mol. The highest BCUT2D eigenvalue weighted by molar-refractivity contribution is 9.10. The van der Waals surface area contributed by atoms with Crippen molar-refractivity contribution in [2.75, 3.05) is 19.6 Å². The van der Waals surface area contributed by atoms with E-state index in [0.717, 1.165) is 6.07 Å². The van der Waals surface area contributed by atoms with Gasteiger partial charge in [-0.2, -0.15) is 0 Å². The SMILES string of the molecule is O=C(O)C1CNCCN1C(=O)c1cc(F)ccc1Br. The minimum Gasteiger partial charge on any atom is -0.480 e. The number of carbonyl (C=O) groups excluding carboxylic acids is 1. The summed E-state index contributed by atoms with van der Waals surface area (Å²) in [5.74, 6) is -2.10. The summed E-state index contributed by atoms with van der Waals surface area (Å²) in [7, 11) is 0. The third-order valence-electron chi connectivity index (χ3n) is 2.95. The third-order valence-corrected chi connectivity index (χ3v) is 3.64. The molecule has 0 spiro atoms. The zero-order valence-corrected chi connectivity index (χ0v) is 11.5. The number of nitrogens with zero attached hydrogens (tertiary/aromatic N) is 1. The summed E-state index contributed by atoms with van der Waals surface area (Å²) in [6.07, 6.45) is 0. The van der Waals surface area contributed by atoms with E-state index in [0.29, 0.717) is 11.0 Å². The van der Waals surface area contributed by atoms with Gasteiger partial charge in [-0.3, -0.25) is 4.79 Å². The van der Waals surface area contributed by atoms with Gasteiger partial charge in [0.1, 0.15) is 11.9 Å². The van der Waals surface area contributed by atoms with Crippen LogP contribution in [0.4, 0.5) is 4.39 Å². The van der Waals surface area contributed by atoms with Crippen LogP contribution < -0.4 is 5.32 Å². The van der Waals surface area contributed by atoms with E-state index < -0.39 is 23.7 Å². The van der Waals surface area contributed by atoms with Gasteiger partial charge in [0.25, 0.3) is 5.91 Å². The van der Waals surface area contributed by atoms with Crippen LogP contribution in [-0.2, 0) is 4.79 Å². The van der Waals surface area contributed by atoms with E-state index in [1.165, 1.54) is 17.0 Å². The van der Waals surface area contributed by atoms with Gasteiger partial charge in [0.2, 0.25) is 0 Å². The summed E-state index contributed by atoms with van der Waals surface area (Å²) in [5.41, 5.74) is 0.133. The van der Waals surface area contributed by atoms with Crippen molar-refractivity contribution in [3.05, 3.63) is 34.1 Å². The predicted octanol–water partition coefficient (Wildman–Crippen LogP) is 1.09. The molecule has 1 unspecified atom stereocenters. The van der Waals surface area contributed by atoms with Gasteiger partial charge >= 0.3 is 5.97 Å². The molecule has 2 N–H and O–H groups in total. The van der Waals surface area contributed by atoms with Crippen molar-refractivity contribution in [3.63, 3.8) is 0 Å². The Morgan fingerprint density at radius 3 is 2.89 bits per heavy atom. The summed E-state index contributed by atoms with van der Waals surface area (Å²) in [6.45, 7) is 0.981. The molecule has 0 radical (unpaired) electrons. The van der Waals surface area contributed by atoms with Gasteiger partial charge in [0, 0.05) is 24.1 Å². The fourth-order valence-electron chi connectivity index (χ4n) is 1.98. The third kappa shape index (κ3) is 2.93. The van der Waals surface area contributed by atoms with Crippen LogP contribution >= 0.6 is 15.9 Å². The van der Waals surface area contributed by atoms with Crippen molar-refractivity contribution in [1.82, 2.24) is 10.2 Å². The average molecular weight is 331 g/mol. The second kappa shape index (κ2) is 5.66. The number of carboxylic acid groups (broad SMARTS) is 1. The Morgan fingerprint density at radius 1 is 1.47 bits per heavy atom. The van der Waals surface area contributed by atoms with Crippen molar-refractivity contribution < 1.29 is 19.1 Å². The van der Waals surface area contributed by atoms with Gasteiger partial charge in [-0.1, -0.05) is 0 Å². The summed E-state index contributed by atoms with van der Waals surface area (Å²) in [6, 6.07) is 2.83. The van der Waals surface area contributed by atoms with Gasteiger partial charge in [-0.25, -0.2) is 9.18 Å². The molecule has 0 aliphatic carbocycles. The monoisotopic (exact) mass is 330 g/mol. The van der Waals surface area contributed by atoms with Crippen molar-refractivity contribution in [2.24, 2.45) is 0 Å². The Bertz CT molecular complexity index is 524. The van der Waals surface area contributed by atoms with Crippen molar-refractivity contribution in [2.45, 2.75) is 6.04 Å². The lowest BCUT2D eigenvalue weighted by Crippen LogP contribution is -2.57. The molecule has 1 aromatic rings. The van der Waals surface area contributed by atoms with Crippen LogP contribution in [0.2, 0.25) is 0 Å². The first kappa shape index (κ1) is 14.0. The Labute approximate surface area is 117 Å². The van der Waals surface area contributed by atoms with E-state index in [1.54, 1.807) is 0 Å². The van der Waals surface area contributed by atoms with Gasteiger partial charge in [-0.15, -0.1) is 0 Å². The molecule has 1 aliphatic heterocycles. The molecule has 1 saturated heterocycles. The second-order valence-electron chi connectivity index (χ2n) is 4.18. The van der Waals surface area contributed by atoms with Gasteiger partial charge in [0.15, 0.2) is 0 Å². The van der Waals surface area contributed by atoms with E-state index in [-0.39, 0.29) is 18.7 Å². The molecular formula is C12H12BrFN2O3. The molecule has 0 aromatic heterocycles. The van der Waals surface area contributed by atoms with E-state index >= 15 is 0 Å². The summed E-state index contributed by atoms with van der Waals surface area (Å²) in [5, 5.41) is 12.0. The summed E-state index contributed by atoms with van der Waals surface area (Å²) >= 11 is 3.18. The molecule has 1 fully saturated rings. The standard InChI is InChI=1S/C12H12BrFN2O3/c13-9-2-1-7(14)5-8(9)11(17)16-4-3-15-6-10(16)12(18)19/h1-2,5,10,15H,3-4,6H2,(H,18,19). The summed E-state index contributed by atoms with van der Waals surface area (Å²) in [4.78, 5) is 24.7. The first-order valence-corrected chi connectivity index (χ1v) is 6.49. The maximum absolute atomic E-state index is 13.2. The van der Waals surface area contributed by atoms with Crippen molar-refractivity contribution >= 4 is 27.8 Å². The first-order valence-electron chi connectivity index (χ1n) is 5.70. The number of carbonyl (C=O) groups is 2. The molecule has 1 heterocycles. The molecule has 1 atom stereocenters. The van der Waals surface area contributed by atoms with Crippen molar-refractivity contribution in [3.8, 4) is 0 Å². The molecule has 2 rings (SSSR count). The van der Waals surface area contributed by atoms with E-state index in [1.807, 2.05) is 0 Å². The number of amides is 1. The first-order chi connectivity index (χ1) is 9.00. The zero-order valence-electron chi connectivity index (χ0n) is 9.90. The molecule has 102 valence electrons. The largest absolute Gasteiger partial charge is 0.480 e. The second-order valence-corrected chi connectivity index (χ2v) is 5.04. The highest BCUT2D eigenvalue weighted by Crippen LogP contribution is 2.21. The van der Waals surface area contributed by atoms with Crippen LogP contribution in [-0.4, -0.2) is 47.6 Å². The van der Waals surface area contributed by atoms with Crippen molar-refractivity contribution in [1.29, 1.82) is 0 Å². The number of benzene rings is 1. The number of piperazine rings is 1. The van der Waals surface area contributed by atoms with E-state index in [2.05, 4.69) is 21.2 Å². The molecular weight excluding hydrogens is 319 g/mol.